The predicted molar refractivity (Wildman–Crippen MR) is 114 cm³/mol. The number of hydrogen-bond acceptors (Lipinski definition) is 3. The third-order valence-electron chi connectivity index (χ3n) is 4.25. The largest absolute Gasteiger partial charge is 0.488 e. The molecule has 0 amide bonds. The number of aryl methyl sites for hydroxylation is 2. The predicted octanol–water partition coefficient (Wildman–Crippen LogP) is 5.31. The molecule has 0 radical (unpaired) electrons. The van der Waals surface area contributed by atoms with Gasteiger partial charge in [0.15, 0.2) is 11.5 Å². The normalized spacial score (nSPS) is 10.2. The minimum Gasteiger partial charge on any atom is -0.488 e. The average molecular weight is 384 g/mol. The highest BCUT2D eigenvalue weighted by Gasteiger charge is 2.10. The van der Waals surface area contributed by atoms with E-state index in [2.05, 4.69) is 38.1 Å². The summed E-state index contributed by atoms with van der Waals surface area (Å²) in [5.74, 6) is 1.46. The molecule has 4 heteroatoms. The Bertz CT molecular complexity index is 866. The molecule has 0 spiro atoms. The topological polar surface area (TPSA) is 44.5 Å². The zero-order valence-electron chi connectivity index (χ0n) is 15.8. The van der Waals surface area contributed by atoms with Gasteiger partial charge in [0.2, 0.25) is 0 Å². The van der Waals surface area contributed by atoms with Crippen molar-refractivity contribution in [2.24, 2.45) is 5.73 Å². The maximum atomic E-state index is 6.08. The maximum absolute atomic E-state index is 6.08. The van der Waals surface area contributed by atoms with Crippen LogP contribution in [0.5, 0.6) is 11.5 Å². The molecule has 3 nitrogen and oxygen atoms in total. The van der Waals surface area contributed by atoms with Gasteiger partial charge in [0.1, 0.15) is 13.2 Å². The second-order valence-corrected chi connectivity index (χ2v) is 6.39. The molecule has 2 N–H and O–H groups in total. The molecule has 0 fully saturated rings. The van der Waals surface area contributed by atoms with Crippen molar-refractivity contribution in [3.8, 4) is 22.6 Å². The molecule has 0 saturated carbocycles. The Labute approximate surface area is 167 Å². The summed E-state index contributed by atoms with van der Waals surface area (Å²) in [5.41, 5.74) is 11.5. The van der Waals surface area contributed by atoms with Gasteiger partial charge in [-0.3, -0.25) is 0 Å². The summed E-state index contributed by atoms with van der Waals surface area (Å²) in [7, 11) is 0. The molecule has 0 unspecified atom stereocenters. The second-order valence-electron chi connectivity index (χ2n) is 6.39. The monoisotopic (exact) mass is 383 g/mol. The van der Waals surface area contributed by atoms with Gasteiger partial charge in [0.05, 0.1) is 0 Å². The van der Waals surface area contributed by atoms with Crippen LogP contribution in [0.3, 0.4) is 0 Å². The van der Waals surface area contributed by atoms with Crippen LogP contribution in [0.15, 0.2) is 66.7 Å². The Morgan fingerprint density at radius 1 is 0.815 bits per heavy atom. The van der Waals surface area contributed by atoms with Gasteiger partial charge in [-0.15, -0.1) is 12.4 Å². The van der Waals surface area contributed by atoms with Gasteiger partial charge in [0, 0.05) is 6.54 Å². The van der Waals surface area contributed by atoms with E-state index in [0.717, 1.165) is 22.6 Å². The molecular formula is C23H26ClNO2. The third kappa shape index (κ3) is 5.49. The van der Waals surface area contributed by atoms with Crippen LogP contribution in [0.2, 0.25) is 0 Å². The summed E-state index contributed by atoms with van der Waals surface area (Å²) in [5, 5.41) is 0. The van der Waals surface area contributed by atoms with Gasteiger partial charge in [-0.25, -0.2) is 0 Å². The zero-order valence-corrected chi connectivity index (χ0v) is 16.6. The van der Waals surface area contributed by atoms with E-state index in [1.807, 2.05) is 42.5 Å². The number of benzene rings is 3. The summed E-state index contributed by atoms with van der Waals surface area (Å²) in [6, 6.07) is 22.7. The van der Waals surface area contributed by atoms with E-state index in [1.54, 1.807) is 0 Å². The van der Waals surface area contributed by atoms with Crippen molar-refractivity contribution in [3.05, 3.63) is 83.4 Å². The maximum Gasteiger partial charge on any atom is 0.162 e. The van der Waals surface area contributed by atoms with E-state index in [-0.39, 0.29) is 12.4 Å². The molecule has 27 heavy (non-hydrogen) atoms. The fourth-order valence-corrected chi connectivity index (χ4v) is 2.95. The summed E-state index contributed by atoms with van der Waals surface area (Å²) in [6.07, 6.45) is 0. The highest BCUT2D eigenvalue weighted by Crippen LogP contribution is 2.34. The van der Waals surface area contributed by atoms with Crippen molar-refractivity contribution in [1.29, 1.82) is 0 Å². The van der Waals surface area contributed by atoms with Crippen molar-refractivity contribution in [1.82, 2.24) is 0 Å². The second kappa shape index (κ2) is 10.0. The van der Waals surface area contributed by atoms with Crippen LogP contribution in [-0.4, -0.2) is 13.2 Å². The molecule has 3 aromatic rings. The van der Waals surface area contributed by atoms with E-state index in [9.17, 15) is 0 Å². The molecule has 3 rings (SSSR count). The van der Waals surface area contributed by atoms with Gasteiger partial charge >= 0.3 is 0 Å². The van der Waals surface area contributed by atoms with E-state index in [0.29, 0.717) is 19.8 Å². The van der Waals surface area contributed by atoms with Crippen molar-refractivity contribution in [2.45, 2.75) is 20.5 Å². The lowest BCUT2D eigenvalue weighted by atomic mass is 9.98. The SMILES string of the molecule is Cc1ccc(-c2ccc(OCCN)c(OCc3ccccc3)c2)c(C)c1.Cl. The lowest BCUT2D eigenvalue weighted by Crippen LogP contribution is -2.11. The Morgan fingerprint density at radius 3 is 2.30 bits per heavy atom. The summed E-state index contributed by atoms with van der Waals surface area (Å²) >= 11 is 0. The number of rotatable bonds is 7. The van der Waals surface area contributed by atoms with Crippen LogP contribution in [0.4, 0.5) is 0 Å². The number of halogens is 1. The van der Waals surface area contributed by atoms with E-state index in [4.69, 9.17) is 15.2 Å². The van der Waals surface area contributed by atoms with Crippen LogP contribution in [0, 0.1) is 13.8 Å². The van der Waals surface area contributed by atoms with Gasteiger partial charge in [0.25, 0.3) is 0 Å². The van der Waals surface area contributed by atoms with Crippen LogP contribution in [0.25, 0.3) is 11.1 Å². The minimum atomic E-state index is 0. The van der Waals surface area contributed by atoms with E-state index >= 15 is 0 Å². The van der Waals surface area contributed by atoms with Crippen molar-refractivity contribution < 1.29 is 9.47 Å². The molecule has 0 aromatic heterocycles. The molecule has 0 bridgehead atoms. The molecule has 0 heterocycles. The van der Waals surface area contributed by atoms with Crippen molar-refractivity contribution in [2.75, 3.05) is 13.2 Å². The molecule has 0 aliphatic heterocycles. The standard InChI is InChI=1S/C23H25NO2.ClH/c1-17-8-10-21(18(2)14-17)20-9-11-22(25-13-12-24)23(15-20)26-16-19-6-4-3-5-7-19;/h3-11,14-15H,12-13,16,24H2,1-2H3;1H. The van der Waals surface area contributed by atoms with Crippen molar-refractivity contribution >= 4 is 12.4 Å². The first-order chi connectivity index (χ1) is 12.7. The van der Waals surface area contributed by atoms with Crippen molar-refractivity contribution in [3.63, 3.8) is 0 Å². The molecule has 142 valence electrons. The molecule has 0 atom stereocenters. The first-order valence-corrected chi connectivity index (χ1v) is 8.88. The molecule has 0 aliphatic carbocycles. The molecular weight excluding hydrogens is 358 g/mol. The quantitative estimate of drug-likeness (QED) is 0.601. The molecule has 3 aromatic carbocycles. The number of nitrogens with two attached hydrogens (primary N) is 1. The average Bonchev–Trinajstić information content (AvgIpc) is 2.66. The Hall–Kier alpha value is -2.49. The molecule has 0 aliphatic rings. The Balaban J connectivity index is 0.00000261. The minimum absolute atomic E-state index is 0. The van der Waals surface area contributed by atoms with Crippen LogP contribution in [0.1, 0.15) is 16.7 Å². The van der Waals surface area contributed by atoms with Gasteiger partial charge in [-0.05, 0) is 48.2 Å². The fourth-order valence-electron chi connectivity index (χ4n) is 2.95. The summed E-state index contributed by atoms with van der Waals surface area (Å²) < 4.78 is 11.8. The van der Waals surface area contributed by atoms with E-state index in [1.165, 1.54) is 16.7 Å². The fraction of sp³-hybridized carbons (Fsp3) is 0.217. The van der Waals surface area contributed by atoms with Crippen LogP contribution in [-0.2, 0) is 6.61 Å². The van der Waals surface area contributed by atoms with Gasteiger partial charge in [-0.1, -0.05) is 60.2 Å². The zero-order chi connectivity index (χ0) is 18.4. The van der Waals surface area contributed by atoms with Gasteiger partial charge in [-0.2, -0.15) is 0 Å². The first-order valence-electron chi connectivity index (χ1n) is 8.88. The van der Waals surface area contributed by atoms with Crippen LogP contribution < -0.4 is 15.2 Å². The van der Waals surface area contributed by atoms with Crippen LogP contribution >= 0.6 is 12.4 Å². The molecule has 0 saturated heterocycles. The summed E-state index contributed by atoms with van der Waals surface area (Å²) in [4.78, 5) is 0. The van der Waals surface area contributed by atoms with Gasteiger partial charge < -0.3 is 15.2 Å². The van der Waals surface area contributed by atoms with E-state index < -0.39 is 0 Å². The Morgan fingerprint density at radius 2 is 1.59 bits per heavy atom. The Kier molecular flexibility index (Phi) is 7.71. The number of ether oxygens (including phenoxy) is 2. The lowest BCUT2D eigenvalue weighted by Gasteiger charge is -2.15. The third-order valence-corrected chi connectivity index (χ3v) is 4.25. The first kappa shape index (κ1) is 20.8. The smallest absolute Gasteiger partial charge is 0.162 e. The summed E-state index contributed by atoms with van der Waals surface area (Å²) in [6.45, 7) is 5.66. The highest BCUT2D eigenvalue weighted by atomic mass is 35.5. The lowest BCUT2D eigenvalue weighted by molar-refractivity contribution is 0.266. The number of hydrogen-bond donors (Lipinski definition) is 1. The highest BCUT2D eigenvalue weighted by molar-refractivity contribution is 5.85.